The van der Waals surface area contributed by atoms with Crippen LogP contribution in [0.15, 0.2) is 0 Å². The molecule has 3 rings (SSSR count). The maximum atomic E-state index is 12.5. The molecule has 20 heavy (non-hydrogen) atoms. The summed E-state index contributed by atoms with van der Waals surface area (Å²) in [5, 5.41) is 0. The zero-order valence-electron chi connectivity index (χ0n) is 12.7. The highest BCUT2D eigenvalue weighted by Gasteiger charge is 2.37. The van der Waals surface area contributed by atoms with Crippen LogP contribution in [0.5, 0.6) is 0 Å². The van der Waals surface area contributed by atoms with Crippen LogP contribution in [0.4, 0.5) is 0 Å². The normalized spacial score (nSPS) is 31.3. The van der Waals surface area contributed by atoms with Crippen molar-refractivity contribution >= 4 is 5.91 Å². The van der Waals surface area contributed by atoms with Crippen molar-refractivity contribution in [3.8, 4) is 0 Å². The van der Waals surface area contributed by atoms with Crippen LogP contribution in [0.1, 0.15) is 70.6 Å². The maximum absolute atomic E-state index is 12.5. The Morgan fingerprint density at radius 1 is 1.05 bits per heavy atom. The summed E-state index contributed by atoms with van der Waals surface area (Å²) in [6.45, 7) is 1.57. The van der Waals surface area contributed by atoms with Crippen LogP contribution in [-0.2, 0) is 9.53 Å². The summed E-state index contributed by atoms with van der Waals surface area (Å²) in [6.07, 6.45) is 14.0. The molecule has 1 amide bonds. The summed E-state index contributed by atoms with van der Waals surface area (Å²) in [4.78, 5) is 14.6. The molecule has 0 aromatic rings. The van der Waals surface area contributed by atoms with Gasteiger partial charge in [-0.1, -0.05) is 32.1 Å². The van der Waals surface area contributed by atoms with Gasteiger partial charge in [-0.2, -0.15) is 0 Å². The molecule has 1 saturated heterocycles. The van der Waals surface area contributed by atoms with Gasteiger partial charge in [0.15, 0.2) is 0 Å². The highest BCUT2D eigenvalue weighted by atomic mass is 16.5. The molecule has 3 fully saturated rings. The van der Waals surface area contributed by atoms with E-state index in [1.807, 2.05) is 0 Å². The number of carbonyl (C=O) groups excluding carboxylic acids is 1. The molecule has 0 N–H and O–H groups in total. The number of morpholine rings is 1. The first-order chi connectivity index (χ1) is 9.84. The molecule has 0 spiro atoms. The van der Waals surface area contributed by atoms with Crippen molar-refractivity contribution in [2.75, 3.05) is 13.2 Å². The van der Waals surface area contributed by atoms with E-state index in [1.165, 1.54) is 44.9 Å². The van der Waals surface area contributed by atoms with Crippen molar-refractivity contribution in [2.24, 2.45) is 5.92 Å². The zero-order valence-corrected chi connectivity index (χ0v) is 12.7. The Labute approximate surface area is 123 Å². The van der Waals surface area contributed by atoms with E-state index < -0.39 is 0 Å². The van der Waals surface area contributed by atoms with E-state index in [-0.39, 0.29) is 0 Å². The molecule has 2 aliphatic carbocycles. The molecule has 0 unspecified atom stereocenters. The second-order valence-electron chi connectivity index (χ2n) is 6.89. The average Bonchev–Trinajstić information content (AvgIpc) is 2.96. The predicted octanol–water partition coefficient (Wildman–Crippen LogP) is 3.52. The number of hydrogen-bond donors (Lipinski definition) is 0. The van der Waals surface area contributed by atoms with E-state index in [4.69, 9.17) is 4.74 Å². The number of nitrogens with zero attached hydrogens (tertiary/aromatic N) is 1. The highest BCUT2D eigenvalue weighted by molar-refractivity contribution is 5.76. The molecule has 0 aromatic carbocycles. The lowest BCUT2D eigenvalue weighted by Gasteiger charge is -2.37. The fourth-order valence-corrected chi connectivity index (χ4v) is 4.40. The molecule has 2 atom stereocenters. The van der Waals surface area contributed by atoms with Crippen LogP contribution in [0, 0.1) is 5.92 Å². The fourth-order valence-electron chi connectivity index (χ4n) is 4.40. The lowest BCUT2D eigenvalue weighted by Crippen LogP contribution is -2.51. The SMILES string of the molecule is O=C(CCCC1CCCCC1)N1CCO[C@H]2CCC[C@H]21. The monoisotopic (exact) mass is 279 g/mol. The summed E-state index contributed by atoms with van der Waals surface area (Å²) in [6, 6.07) is 0.394. The lowest BCUT2D eigenvalue weighted by molar-refractivity contribution is -0.144. The van der Waals surface area contributed by atoms with Gasteiger partial charge in [0.05, 0.1) is 18.8 Å². The standard InChI is InChI=1S/C17H29NO2/c19-17(11-4-8-14-6-2-1-3-7-14)18-12-13-20-16-10-5-9-15(16)18/h14-16H,1-13H2/t15-,16+/m1/s1. The fraction of sp³-hybridized carbons (Fsp3) is 0.941. The second kappa shape index (κ2) is 6.93. The number of ether oxygens (including phenoxy) is 1. The summed E-state index contributed by atoms with van der Waals surface area (Å²) in [5.41, 5.74) is 0. The Hall–Kier alpha value is -0.570. The zero-order chi connectivity index (χ0) is 13.8. The second-order valence-corrected chi connectivity index (χ2v) is 6.89. The van der Waals surface area contributed by atoms with Gasteiger partial charge in [0.25, 0.3) is 0 Å². The minimum atomic E-state index is 0.339. The molecule has 1 heterocycles. The first-order valence-corrected chi connectivity index (χ1v) is 8.75. The van der Waals surface area contributed by atoms with Gasteiger partial charge in [0.1, 0.15) is 0 Å². The van der Waals surface area contributed by atoms with Gasteiger partial charge in [-0.15, -0.1) is 0 Å². The minimum absolute atomic E-state index is 0.339. The Kier molecular flexibility index (Phi) is 4.98. The van der Waals surface area contributed by atoms with Crippen molar-refractivity contribution in [1.29, 1.82) is 0 Å². The highest BCUT2D eigenvalue weighted by Crippen LogP contribution is 2.31. The minimum Gasteiger partial charge on any atom is -0.374 e. The van der Waals surface area contributed by atoms with E-state index in [9.17, 15) is 4.79 Å². The van der Waals surface area contributed by atoms with E-state index in [0.717, 1.165) is 44.8 Å². The van der Waals surface area contributed by atoms with Crippen molar-refractivity contribution in [1.82, 2.24) is 4.90 Å². The summed E-state index contributed by atoms with van der Waals surface area (Å²) >= 11 is 0. The number of amides is 1. The molecule has 3 aliphatic rings. The molecule has 0 radical (unpaired) electrons. The number of carbonyl (C=O) groups is 1. The predicted molar refractivity (Wildman–Crippen MR) is 79.5 cm³/mol. The van der Waals surface area contributed by atoms with Gasteiger partial charge < -0.3 is 9.64 Å². The van der Waals surface area contributed by atoms with Crippen LogP contribution < -0.4 is 0 Å². The molecular formula is C17H29NO2. The Morgan fingerprint density at radius 2 is 1.90 bits per heavy atom. The van der Waals surface area contributed by atoms with E-state index in [1.54, 1.807) is 0 Å². The number of rotatable bonds is 4. The smallest absolute Gasteiger partial charge is 0.222 e. The maximum Gasteiger partial charge on any atom is 0.222 e. The summed E-state index contributed by atoms with van der Waals surface area (Å²) < 4.78 is 5.79. The Bertz CT molecular complexity index is 325. The van der Waals surface area contributed by atoms with E-state index in [2.05, 4.69) is 4.90 Å². The molecule has 3 nitrogen and oxygen atoms in total. The van der Waals surface area contributed by atoms with Crippen LogP contribution >= 0.6 is 0 Å². The topological polar surface area (TPSA) is 29.5 Å². The van der Waals surface area contributed by atoms with Gasteiger partial charge >= 0.3 is 0 Å². The van der Waals surface area contributed by atoms with Crippen molar-refractivity contribution in [3.63, 3.8) is 0 Å². The molecular weight excluding hydrogens is 250 g/mol. The van der Waals surface area contributed by atoms with E-state index >= 15 is 0 Å². The van der Waals surface area contributed by atoms with Crippen LogP contribution in [0.3, 0.4) is 0 Å². The molecule has 3 heteroatoms. The van der Waals surface area contributed by atoms with Gasteiger partial charge in [0, 0.05) is 13.0 Å². The Morgan fingerprint density at radius 3 is 2.75 bits per heavy atom. The number of hydrogen-bond acceptors (Lipinski definition) is 2. The third kappa shape index (κ3) is 3.36. The lowest BCUT2D eigenvalue weighted by atomic mass is 9.86. The van der Waals surface area contributed by atoms with Gasteiger partial charge in [-0.25, -0.2) is 0 Å². The van der Waals surface area contributed by atoms with Crippen LogP contribution in [0.2, 0.25) is 0 Å². The first kappa shape index (κ1) is 14.4. The first-order valence-electron chi connectivity index (χ1n) is 8.75. The molecule has 0 aromatic heterocycles. The van der Waals surface area contributed by atoms with E-state index in [0.29, 0.717) is 18.1 Å². The van der Waals surface area contributed by atoms with Crippen LogP contribution in [-0.4, -0.2) is 36.1 Å². The Balaban J connectivity index is 1.41. The van der Waals surface area contributed by atoms with Gasteiger partial charge in [-0.05, 0) is 38.0 Å². The molecule has 0 bridgehead atoms. The average molecular weight is 279 g/mol. The van der Waals surface area contributed by atoms with Crippen molar-refractivity contribution in [3.05, 3.63) is 0 Å². The largest absolute Gasteiger partial charge is 0.374 e. The summed E-state index contributed by atoms with van der Waals surface area (Å²) in [7, 11) is 0. The van der Waals surface area contributed by atoms with Gasteiger partial charge in [-0.3, -0.25) is 4.79 Å². The third-order valence-electron chi connectivity index (χ3n) is 5.53. The quantitative estimate of drug-likeness (QED) is 0.788. The van der Waals surface area contributed by atoms with Crippen molar-refractivity contribution < 1.29 is 9.53 Å². The number of fused-ring (bicyclic) bond motifs is 1. The van der Waals surface area contributed by atoms with Crippen LogP contribution in [0.25, 0.3) is 0 Å². The van der Waals surface area contributed by atoms with Gasteiger partial charge in [0.2, 0.25) is 5.91 Å². The third-order valence-corrected chi connectivity index (χ3v) is 5.53. The molecule has 2 saturated carbocycles. The molecule has 114 valence electrons. The summed E-state index contributed by atoms with van der Waals surface area (Å²) in [5.74, 6) is 1.29. The molecule has 1 aliphatic heterocycles. The van der Waals surface area contributed by atoms with Crippen molar-refractivity contribution in [2.45, 2.75) is 82.8 Å².